The average Bonchev–Trinajstić information content (AvgIpc) is 2.73. The summed E-state index contributed by atoms with van der Waals surface area (Å²) in [5, 5.41) is 9.54. The number of hydrogen-bond acceptors (Lipinski definition) is 7. The molecule has 1 saturated heterocycles. The molecule has 1 fully saturated rings. The summed E-state index contributed by atoms with van der Waals surface area (Å²) in [6.45, 7) is 4.19. The lowest BCUT2D eigenvalue weighted by atomic mass is 9.92. The van der Waals surface area contributed by atoms with Crippen LogP contribution in [0.5, 0.6) is 0 Å². The summed E-state index contributed by atoms with van der Waals surface area (Å²) in [5.41, 5.74) is 1.95. The van der Waals surface area contributed by atoms with Crippen molar-refractivity contribution in [3.05, 3.63) is 35.4 Å². The van der Waals surface area contributed by atoms with Crippen LogP contribution in [0.2, 0.25) is 5.02 Å². The maximum atomic E-state index is 12.6. The molecule has 8 nitrogen and oxygen atoms in total. The van der Waals surface area contributed by atoms with Crippen LogP contribution in [-0.4, -0.2) is 52.8 Å². The monoisotopic (exact) mass is 416 g/mol. The Morgan fingerprint density at radius 2 is 2.14 bits per heavy atom. The number of amides is 1. The first kappa shape index (κ1) is 21.1. The van der Waals surface area contributed by atoms with Crippen LogP contribution in [0.3, 0.4) is 0 Å². The Kier molecular flexibility index (Phi) is 7.48. The summed E-state index contributed by atoms with van der Waals surface area (Å²) in [6.07, 6.45) is 7.00. The van der Waals surface area contributed by atoms with E-state index in [0.29, 0.717) is 40.9 Å². The van der Waals surface area contributed by atoms with Crippen LogP contribution in [-0.2, 0) is 16.0 Å². The maximum absolute atomic E-state index is 12.6. The second-order valence-electron chi connectivity index (χ2n) is 7.04. The van der Waals surface area contributed by atoms with E-state index in [-0.39, 0.29) is 24.0 Å². The molecule has 0 aromatic carbocycles. The lowest BCUT2D eigenvalue weighted by Crippen LogP contribution is -2.35. The third-order valence-corrected chi connectivity index (χ3v) is 5.04. The van der Waals surface area contributed by atoms with Crippen molar-refractivity contribution in [2.75, 3.05) is 31.5 Å². The van der Waals surface area contributed by atoms with Crippen LogP contribution in [0.4, 0.5) is 5.82 Å². The molecule has 1 aliphatic rings. The Morgan fingerprint density at radius 3 is 2.90 bits per heavy atom. The third kappa shape index (κ3) is 6.20. The molecule has 9 heteroatoms. The Balaban J connectivity index is 1.69. The number of pyridine rings is 1. The van der Waals surface area contributed by atoms with Gasteiger partial charge in [-0.15, -0.1) is 0 Å². The van der Waals surface area contributed by atoms with Gasteiger partial charge in [-0.05, 0) is 25.5 Å². The van der Waals surface area contributed by atoms with Crippen molar-refractivity contribution in [3.8, 4) is 11.3 Å². The quantitative estimate of drug-likeness (QED) is 0.563. The Hall–Kier alpha value is -2.58. The summed E-state index contributed by atoms with van der Waals surface area (Å²) >= 11 is 6.34. The highest BCUT2D eigenvalue weighted by molar-refractivity contribution is 6.33. The molecule has 2 aromatic rings. The van der Waals surface area contributed by atoms with Gasteiger partial charge in [0.15, 0.2) is 0 Å². The van der Waals surface area contributed by atoms with Gasteiger partial charge in [0.1, 0.15) is 11.6 Å². The number of carbonyl (C=O) groups is 2. The molecule has 29 heavy (non-hydrogen) atoms. The zero-order valence-electron chi connectivity index (χ0n) is 16.4. The van der Waals surface area contributed by atoms with Gasteiger partial charge in [-0.2, -0.15) is 0 Å². The lowest BCUT2D eigenvalue weighted by molar-refractivity contribution is -0.122. The highest BCUT2D eigenvalue weighted by Gasteiger charge is 2.21. The normalized spacial score (nSPS) is 16.3. The molecule has 0 aliphatic carbocycles. The van der Waals surface area contributed by atoms with Crippen molar-refractivity contribution in [2.45, 2.75) is 26.2 Å². The molecule has 3 rings (SSSR count). The van der Waals surface area contributed by atoms with E-state index < -0.39 is 0 Å². The van der Waals surface area contributed by atoms with Crippen LogP contribution >= 0.6 is 11.6 Å². The van der Waals surface area contributed by atoms with Gasteiger partial charge in [0.05, 0.1) is 23.1 Å². The minimum atomic E-state index is -0.0821. The van der Waals surface area contributed by atoms with Crippen molar-refractivity contribution < 1.29 is 9.59 Å². The first-order valence-electron chi connectivity index (χ1n) is 9.71. The number of carbonyl (C=O) groups excluding carboxylic acids is 2. The van der Waals surface area contributed by atoms with Crippen LogP contribution < -0.4 is 16.0 Å². The number of rotatable bonds is 8. The molecule has 3 heterocycles. The second-order valence-corrected chi connectivity index (χ2v) is 7.45. The van der Waals surface area contributed by atoms with Gasteiger partial charge in [-0.1, -0.05) is 11.6 Å². The number of nitrogens with zero attached hydrogens (tertiary/aromatic N) is 3. The van der Waals surface area contributed by atoms with Gasteiger partial charge in [0.25, 0.3) is 0 Å². The van der Waals surface area contributed by atoms with Crippen LogP contribution in [0, 0.1) is 5.92 Å². The van der Waals surface area contributed by atoms with Gasteiger partial charge in [-0.3, -0.25) is 19.6 Å². The number of ketones is 1. The number of anilines is 1. The minimum absolute atomic E-state index is 0.0422. The highest BCUT2D eigenvalue weighted by atomic mass is 35.5. The smallest absolute Gasteiger partial charge is 0.216 e. The Labute approximate surface area is 174 Å². The average molecular weight is 417 g/mol. The highest BCUT2D eigenvalue weighted by Crippen LogP contribution is 2.27. The van der Waals surface area contributed by atoms with Crippen molar-refractivity contribution in [1.29, 1.82) is 0 Å². The largest absolute Gasteiger partial charge is 0.367 e. The predicted octanol–water partition coefficient (Wildman–Crippen LogP) is 1.85. The van der Waals surface area contributed by atoms with Gasteiger partial charge < -0.3 is 16.0 Å². The van der Waals surface area contributed by atoms with Gasteiger partial charge >= 0.3 is 0 Å². The SMILES string of the molecule is CC(=O)NCCNc1cncc(-c2cc(CC(=O)[C@@H]3CCCNC3)ncc2Cl)n1. The first-order valence-corrected chi connectivity index (χ1v) is 10.1. The fourth-order valence-electron chi connectivity index (χ4n) is 3.23. The Morgan fingerprint density at radius 1 is 1.28 bits per heavy atom. The predicted molar refractivity (Wildman–Crippen MR) is 112 cm³/mol. The zero-order chi connectivity index (χ0) is 20.6. The molecule has 0 bridgehead atoms. The zero-order valence-corrected chi connectivity index (χ0v) is 17.1. The molecule has 1 atom stereocenters. The van der Waals surface area contributed by atoms with Crippen molar-refractivity contribution in [1.82, 2.24) is 25.6 Å². The lowest BCUT2D eigenvalue weighted by Gasteiger charge is -2.21. The third-order valence-electron chi connectivity index (χ3n) is 4.74. The molecule has 0 radical (unpaired) electrons. The first-order chi connectivity index (χ1) is 14.0. The van der Waals surface area contributed by atoms with E-state index in [0.717, 1.165) is 25.9 Å². The number of aromatic nitrogens is 3. The van der Waals surface area contributed by atoms with E-state index in [1.54, 1.807) is 18.6 Å². The number of piperidine rings is 1. The molecule has 3 N–H and O–H groups in total. The summed E-state index contributed by atoms with van der Waals surface area (Å²) in [4.78, 5) is 36.6. The summed E-state index contributed by atoms with van der Waals surface area (Å²) < 4.78 is 0. The number of Topliss-reactive ketones (excluding diaryl/α,β-unsaturated/α-hetero) is 1. The molecular weight excluding hydrogens is 392 g/mol. The topological polar surface area (TPSA) is 109 Å². The molecular formula is C20H25ClN6O2. The fraction of sp³-hybridized carbons (Fsp3) is 0.450. The molecule has 0 saturated carbocycles. The number of halogens is 1. The van der Waals surface area contributed by atoms with Crippen molar-refractivity contribution >= 4 is 29.1 Å². The van der Waals surface area contributed by atoms with E-state index >= 15 is 0 Å². The molecule has 2 aromatic heterocycles. The van der Waals surface area contributed by atoms with Crippen LogP contribution in [0.15, 0.2) is 24.7 Å². The number of nitrogens with one attached hydrogen (secondary N) is 3. The summed E-state index contributed by atoms with van der Waals surface area (Å²) in [6, 6.07) is 1.81. The minimum Gasteiger partial charge on any atom is -0.367 e. The molecule has 1 aliphatic heterocycles. The molecule has 154 valence electrons. The van der Waals surface area contributed by atoms with Crippen molar-refractivity contribution in [2.24, 2.45) is 5.92 Å². The number of hydrogen-bond donors (Lipinski definition) is 3. The van der Waals surface area contributed by atoms with Crippen LogP contribution in [0.25, 0.3) is 11.3 Å². The van der Waals surface area contributed by atoms with Crippen molar-refractivity contribution in [3.63, 3.8) is 0 Å². The summed E-state index contributed by atoms with van der Waals surface area (Å²) in [7, 11) is 0. The molecule has 1 amide bonds. The van der Waals surface area contributed by atoms with Gasteiger partial charge in [-0.25, -0.2) is 4.98 Å². The second kappa shape index (κ2) is 10.3. The van der Waals surface area contributed by atoms with E-state index in [9.17, 15) is 9.59 Å². The molecule has 0 unspecified atom stereocenters. The standard InChI is InChI=1S/C20H25ClN6O2/c1-13(28)24-5-6-25-20-12-23-11-18(27-20)16-7-15(26-10-17(16)21)8-19(29)14-3-2-4-22-9-14/h7,10-12,14,22H,2-6,8-9H2,1H3,(H,24,28)(H,25,27)/t14-/m1/s1. The fourth-order valence-corrected chi connectivity index (χ4v) is 3.43. The van der Waals surface area contributed by atoms with E-state index in [2.05, 4.69) is 30.9 Å². The van der Waals surface area contributed by atoms with Gasteiger partial charge in [0.2, 0.25) is 5.91 Å². The van der Waals surface area contributed by atoms with E-state index in [1.165, 1.54) is 6.92 Å². The van der Waals surface area contributed by atoms with E-state index in [1.807, 2.05) is 6.07 Å². The summed E-state index contributed by atoms with van der Waals surface area (Å²) in [5.74, 6) is 0.728. The maximum Gasteiger partial charge on any atom is 0.216 e. The van der Waals surface area contributed by atoms with Gasteiger partial charge in [0, 0.05) is 56.4 Å². The van der Waals surface area contributed by atoms with Crippen LogP contribution in [0.1, 0.15) is 25.5 Å². The van der Waals surface area contributed by atoms with E-state index in [4.69, 9.17) is 11.6 Å². The molecule has 0 spiro atoms. The Bertz CT molecular complexity index is 870.